The number of hydrogen-bond donors (Lipinski definition) is 1. The summed E-state index contributed by atoms with van der Waals surface area (Å²) in [6, 6.07) is 7.35. The molecule has 1 aromatic carbocycles. The van der Waals surface area contributed by atoms with Crippen molar-refractivity contribution in [2.24, 2.45) is 5.92 Å². The van der Waals surface area contributed by atoms with Crippen LogP contribution in [0.2, 0.25) is 0 Å². The molecule has 1 heterocycles. The smallest absolute Gasteiger partial charge is 0.387 e. The minimum absolute atomic E-state index is 0.122. The van der Waals surface area contributed by atoms with E-state index >= 15 is 0 Å². The number of hydrogen-bond acceptors (Lipinski definition) is 3. The highest BCUT2D eigenvalue weighted by Crippen LogP contribution is 2.37. The van der Waals surface area contributed by atoms with Gasteiger partial charge in [0, 0.05) is 37.8 Å². The van der Waals surface area contributed by atoms with Gasteiger partial charge in [-0.25, -0.2) is 0 Å². The summed E-state index contributed by atoms with van der Waals surface area (Å²) in [5, 5.41) is 3.35. The van der Waals surface area contributed by atoms with Crippen LogP contribution in [0.5, 0.6) is 5.75 Å². The van der Waals surface area contributed by atoms with Crippen molar-refractivity contribution in [3.05, 3.63) is 29.8 Å². The van der Waals surface area contributed by atoms with Crippen molar-refractivity contribution in [3.8, 4) is 5.75 Å². The fraction of sp³-hybridized carbons (Fsp3) is 0.647. The molecule has 22 heavy (non-hydrogen) atoms. The van der Waals surface area contributed by atoms with Gasteiger partial charge in [-0.2, -0.15) is 8.78 Å². The summed E-state index contributed by atoms with van der Waals surface area (Å²) in [6.45, 7) is 5.32. The van der Waals surface area contributed by atoms with Crippen molar-refractivity contribution < 1.29 is 13.5 Å². The van der Waals surface area contributed by atoms with Crippen LogP contribution >= 0.6 is 0 Å². The highest BCUT2D eigenvalue weighted by atomic mass is 19.3. The molecule has 3 nitrogen and oxygen atoms in total. The number of halogens is 2. The fourth-order valence-electron chi connectivity index (χ4n) is 3.36. The minimum atomic E-state index is -2.79. The Hall–Kier alpha value is -1.20. The number of alkyl halides is 2. The van der Waals surface area contributed by atoms with Gasteiger partial charge in [0.15, 0.2) is 0 Å². The molecule has 2 rings (SSSR count). The van der Waals surface area contributed by atoms with E-state index < -0.39 is 6.61 Å². The fourth-order valence-corrected chi connectivity index (χ4v) is 3.36. The molecule has 124 valence electrons. The first-order valence-corrected chi connectivity index (χ1v) is 8.12. The zero-order valence-corrected chi connectivity index (χ0v) is 13.4. The van der Waals surface area contributed by atoms with Gasteiger partial charge in [0.05, 0.1) is 0 Å². The number of ether oxygens (including phenoxy) is 1. The van der Waals surface area contributed by atoms with E-state index in [2.05, 4.69) is 24.1 Å². The second-order valence-corrected chi connectivity index (χ2v) is 5.91. The van der Waals surface area contributed by atoms with Gasteiger partial charge in [-0.15, -0.1) is 0 Å². The monoisotopic (exact) mass is 312 g/mol. The van der Waals surface area contributed by atoms with Gasteiger partial charge in [-0.05, 0) is 18.4 Å². The Labute approximate surface area is 131 Å². The lowest BCUT2D eigenvalue weighted by molar-refractivity contribution is -0.0516. The van der Waals surface area contributed by atoms with Gasteiger partial charge in [-0.1, -0.05) is 38.5 Å². The zero-order valence-electron chi connectivity index (χ0n) is 13.4. The van der Waals surface area contributed by atoms with Crippen molar-refractivity contribution in [1.29, 1.82) is 0 Å². The lowest BCUT2D eigenvalue weighted by Crippen LogP contribution is -2.46. The summed E-state index contributed by atoms with van der Waals surface area (Å²) in [4.78, 5) is 2.39. The summed E-state index contributed by atoms with van der Waals surface area (Å²) >= 11 is 0. The van der Waals surface area contributed by atoms with Crippen LogP contribution in [-0.2, 0) is 0 Å². The SMILES string of the molecule is CCCC(C)[C@@H](c1ccccc1OC(F)F)N1CCNCC1. The van der Waals surface area contributed by atoms with Gasteiger partial charge in [0.1, 0.15) is 5.75 Å². The number of para-hydroxylation sites is 1. The molecule has 1 aliphatic rings. The summed E-state index contributed by atoms with van der Waals surface area (Å²) in [5.74, 6) is 0.703. The molecule has 0 bridgehead atoms. The van der Waals surface area contributed by atoms with Crippen LogP contribution in [0.3, 0.4) is 0 Å². The van der Waals surface area contributed by atoms with Crippen LogP contribution in [0.4, 0.5) is 8.78 Å². The molecule has 0 saturated carbocycles. The maximum Gasteiger partial charge on any atom is 0.387 e. The highest BCUT2D eigenvalue weighted by Gasteiger charge is 2.29. The second kappa shape index (κ2) is 8.44. The zero-order chi connectivity index (χ0) is 15.9. The molecule has 2 atom stereocenters. The number of piperazine rings is 1. The molecular weight excluding hydrogens is 286 g/mol. The van der Waals surface area contributed by atoms with Crippen LogP contribution in [0.1, 0.15) is 38.3 Å². The summed E-state index contributed by atoms with van der Waals surface area (Å²) in [7, 11) is 0. The Morgan fingerprint density at radius 2 is 1.91 bits per heavy atom. The van der Waals surface area contributed by atoms with E-state index in [-0.39, 0.29) is 6.04 Å². The van der Waals surface area contributed by atoms with Crippen molar-refractivity contribution >= 4 is 0 Å². The Morgan fingerprint density at radius 3 is 2.55 bits per heavy atom. The maximum absolute atomic E-state index is 12.7. The predicted octanol–water partition coefficient (Wildman–Crippen LogP) is 3.67. The number of nitrogens with one attached hydrogen (secondary N) is 1. The Bertz CT molecular complexity index is 450. The van der Waals surface area contributed by atoms with E-state index in [1.54, 1.807) is 12.1 Å². The van der Waals surface area contributed by atoms with Crippen LogP contribution < -0.4 is 10.1 Å². The largest absolute Gasteiger partial charge is 0.434 e. The van der Waals surface area contributed by atoms with Gasteiger partial charge in [0.25, 0.3) is 0 Å². The van der Waals surface area contributed by atoms with E-state index in [9.17, 15) is 8.78 Å². The second-order valence-electron chi connectivity index (χ2n) is 5.91. The standard InChI is InChI=1S/C17H26F2N2O/c1-3-6-13(2)16(21-11-9-20-10-12-21)14-7-4-5-8-15(14)22-17(18)19/h4-5,7-8,13,16-17,20H,3,6,9-12H2,1-2H3/t13?,16-/m0/s1. The summed E-state index contributed by atoms with van der Waals surface area (Å²) in [5.41, 5.74) is 0.880. The van der Waals surface area contributed by atoms with E-state index in [0.717, 1.165) is 44.6 Å². The van der Waals surface area contributed by atoms with Crippen molar-refractivity contribution in [1.82, 2.24) is 10.2 Å². The van der Waals surface area contributed by atoms with Crippen molar-refractivity contribution in [2.45, 2.75) is 39.3 Å². The molecule has 1 fully saturated rings. The van der Waals surface area contributed by atoms with Gasteiger partial charge in [0.2, 0.25) is 0 Å². The first-order valence-electron chi connectivity index (χ1n) is 8.12. The molecule has 1 aliphatic heterocycles. The lowest BCUT2D eigenvalue weighted by atomic mass is 9.88. The minimum Gasteiger partial charge on any atom is -0.434 e. The average Bonchev–Trinajstić information content (AvgIpc) is 2.50. The van der Waals surface area contributed by atoms with Crippen LogP contribution in [0, 0.1) is 5.92 Å². The molecule has 1 saturated heterocycles. The Kier molecular flexibility index (Phi) is 6.58. The first-order chi connectivity index (χ1) is 10.6. The molecule has 0 radical (unpaired) electrons. The quantitative estimate of drug-likeness (QED) is 0.831. The predicted molar refractivity (Wildman–Crippen MR) is 84.3 cm³/mol. The van der Waals surface area contributed by atoms with Crippen molar-refractivity contribution in [3.63, 3.8) is 0 Å². The molecule has 0 amide bonds. The third-order valence-electron chi connectivity index (χ3n) is 4.28. The average molecular weight is 312 g/mol. The molecule has 0 aliphatic carbocycles. The number of rotatable bonds is 7. The highest BCUT2D eigenvalue weighted by molar-refractivity contribution is 5.36. The van der Waals surface area contributed by atoms with Gasteiger partial charge < -0.3 is 10.1 Å². The van der Waals surface area contributed by atoms with Gasteiger partial charge >= 0.3 is 6.61 Å². The molecule has 5 heteroatoms. The molecule has 0 aromatic heterocycles. The lowest BCUT2D eigenvalue weighted by Gasteiger charge is -2.39. The summed E-state index contributed by atoms with van der Waals surface area (Å²) < 4.78 is 30.2. The van der Waals surface area contributed by atoms with Crippen LogP contribution in [0.15, 0.2) is 24.3 Å². The topological polar surface area (TPSA) is 24.5 Å². The number of nitrogens with zero attached hydrogens (tertiary/aromatic N) is 1. The van der Waals surface area contributed by atoms with Crippen LogP contribution in [0.25, 0.3) is 0 Å². The van der Waals surface area contributed by atoms with Crippen molar-refractivity contribution in [2.75, 3.05) is 26.2 Å². The molecular formula is C17H26F2N2O. The van der Waals surface area contributed by atoms with E-state index in [0.29, 0.717) is 11.7 Å². The molecule has 1 N–H and O–H groups in total. The number of benzene rings is 1. The Balaban J connectivity index is 2.31. The molecule has 1 aromatic rings. The normalized spacial score (nSPS) is 19.1. The van der Waals surface area contributed by atoms with E-state index in [1.807, 2.05) is 12.1 Å². The Morgan fingerprint density at radius 1 is 1.23 bits per heavy atom. The third-order valence-corrected chi connectivity index (χ3v) is 4.28. The van der Waals surface area contributed by atoms with E-state index in [1.165, 1.54) is 0 Å². The first kappa shape index (κ1) is 17.2. The van der Waals surface area contributed by atoms with Crippen LogP contribution in [-0.4, -0.2) is 37.7 Å². The van der Waals surface area contributed by atoms with Gasteiger partial charge in [-0.3, -0.25) is 4.90 Å². The molecule has 1 unspecified atom stereocenters. The molecule has 0 spiro atoms. The third kappa shape index (κ3) is 4.40. The maximum atomic E-state index is 12.7. The summed E-state index contributed by atoms with van der Waals surface area (Å²) in [6.07, 6.45) is 2.15. The van der Waals surface area contributed by atoms with E-state index in [4.69, 9.17) is 4.74 Å².